The van der Waals surface area contributed by atoms with E-state index in [1.165, 1.54) is 4.90 Å². The molecule has 1 aliphatic heterocycles. The van der Waals surface area contributed by atoms with Crippen molar-refractivity contribution in [3.63, 3.8) is 0 Å². The minimum atomic E-state index is -0.134. The molecule has 1 aromatic rings. The number of benzene rings is 1. The molecule has 0 saturated carbocycles. The van der Waals surface area contributed by atoms with Crippen molar-refractivity contribution in [1.82, 2.24) is 4.90 Å². The summed E-state index contributed by atoms with van der Waals surface area (Å²) in [5.41, 5.74) is 0.833. The number of carbonyl (C=O) groups excluding carboxylic acids is 2. The number of likely N-dealkylation sites (tertiary alicyclic amines) is 1. The van der Waals surface area contributed by atoms with Crippen molar-refractivity contribution < 1.29 is 19.1 Å². The maximum atomic E-state index is 11.6. The van der Waals surface area contributed by atoms with Crippen molar-refractivity contribution in [2.75, 3.05) is 20.8 Å². The highest BCUT2D eigenvalue weighted by Crippen LogP contribution is 2.31. The summed E-state index contributed by atoms with van der Waals surface area (Å²) in [6.07, 6.45) is 0.00623. The summed E-state index contributed by atoms with van der Waals surface area (Å²) in [5, 5.41) is 0. The molecule has 96 valence electrons. The highest BCUT2D eigenvalue weighted by molar-refractivity contribution is 6.05. The summed E-state index contributed by atoms with van der Waals surface area (Å²) < 4.78 is 10.5. The third-order valence-electron chi connectivity index (χ3n) is 2.91. The molecule has 5 heteroatoms. The van der Waals surface area contributed by atoms with Gasteiger partial charge in [0.2, 0.25) is 5.91 Å². The predicted octanol–water partition coefficient (Wildman–Crippen LogP) is 1.01. The van der Waals surface area contributed by atoms with Crippen LogP contribution < -0.4 is 9.47 Å². The number of Topliss-reactive ketones (excluding diaryl/α,β-unsaturated/α-hetero) is 1. The summed E-state index contributed by atoms with van der Waals surface area (Å²) in [5.74, 6) is 1.05. The van der Waals surface area contributed by atoms with E-state index in [0.29, 0.717) is 18.0 Å². The van der Waals surface area contributed by atoms with Crippen LogP contribution >= 0.6 is 0 Å². The van der Waals surface area contributed by atoms with E-state index < -0.39 is 0 Å². The van der Waals surface area contributed by atoms with Crippen LogP contribution in [0.1, 0.15) is 12.0 Å². The van der Waals surface area contributed by atoms with Crippen LogP contribution in [-0.2, 0) is 16.1 Å². The van der Waals surface area contributed by atoms with Crippen LogP contribution in [0.3, 0.4) is 0 Å². The first-order valence-corrected chi connectivity index (χ1v) is 5.65. The quantitative estimate of drug-likeness (QED) is 0.747. The number of hydrogen-bond acceptors (Lipinski definition) is 4. The van der Waals surface area contributed by atoms with Crippen LogP contribution in [0.25, 0.3) is 0 Å². The van der Waals surface area contributed by atoms with Crippen LogP contribution in [0.15, 0.2) is 18.2 Å². The molecule has 18 heavy (non-hydrogen) atoms. The van der Waals surface area contributed by atoms with Crippen molar-refractivity contribution in [2.45, 2.75) is 13.0 Å². The summed E-state index contributed by atoms with van der Waals surface area (Å²) in [7, 11) is 3.12. The Hall–Kier alpha value is -2.04. The Morgan fingerprint density at radius 1 is 1.22 bits per heavy atom. The number of ether oxygens (including phenoxy) is 2. The van der Waals surface area contributed by atoms with Crippen LogP contribution in [0.5, 0.6) is 11.5 Å². The summed E-state index contributed by atoms with van der Waals surface area (Å²) in [4.78, 5) is 24.3. The van der Waals surface area contributed by atoms with E-state index >= 15 is 0 Å². The minimum absolute atomic E-state index is 0.00623. The van der Waals surface area contributed by atoms with E-state index in [1.807, 2.05) is 12.1 Å². The monoisotopic (exact) mass is 249 g/mol. The first-order chi connectivity index (χ1) is 8.65. The number of rotatable bonds is 4. The first-order valence-electron chi connectivity index (χ1n) is 5.65. The zero-order valence-electron chi connectivity index (χ0n) is 10.4. The molecule has 0 unspecified atom stereocenters. The predicted molar refractivity (Wildman–Crippen MR) is 64.6 cm³/mol. The summed E-state index contributed by atoms with van der Waals surface area (Å²) in [6.45, 7) is 0.546. The second kappa shape index (κ2) is 5.08. The molecule has 0 radical (unpaired) electrons. The zero-order chi connectivity index (χ0) is 13.1. The molecule has 0 spiro atoms. The fraction of sp³-hybridized carbons (Fsp3) is 0.385. The van der Waals surface area contributed by atoms with Gasteiger partial charge in [0.1, 0.15) is 0 Å². The van der Waals surface area contributed by atoms with Gasteiger partial charge in [-0.15, -0.1) is 0 Å². The molecular formula is C13H15NO4. The largest absolute Gasteiger partial charge is 0.493 e. The smallest absolute Gasteiger partial charge is 0.230 e. The minimum Gasteiger partial charge on any atom is -0.493 e. The van der Waals surface area contributed by atoms with Gasteiger partial charge in [0.25, 0.3) is 0 Å². The molecule has 0 aromatic heterocycles. The average molecular weight is 249 g/mol. The Labute approximate surface area is 105 Å². The number of amides is 1. The number of para-hydroxylation sites is 1. The maximum Gasteiger partial charge on any atom is 0.230 e. The van der Waals surface area contributed by atoms with Gasteiger partial charge >= 0.3 is 0 Å². The lowest BCUT2D eigenvalue weighted by atomic mass is 10.1. The fourth-order valence-electron chi connectivity index (χ4n) is 2.07. The molecule has 1 aliphatic rings. The van der Waals surface area contributed by atoms with Gasteiger partial charge < -0.3 is 14.4 Å². The van der Waals surface area contributed by atoms with E-state index in [0.717, 1.165) is 5.56 Å². The lowest BCUT2D eigenvalue weighted by Gasteiger charge is -2.18. The second-order valence-corrected chi connectivity index (χ2v) is 4.12. The van der Waals surface area contributed by atoms with Crippen molar-refractivity contribution in [1.29, 1.82) is 0 Å². The maximum absolute atomic E-state index is 11.6. The first kappa shape index (κ1) is 12.4. The van der Waals surface area contributed by atoms with Gasteiger partial charge in [-0.2, -0.15) is 0 Å². The number of ketones is 1. The number of hydrogen-bond donors (Lipinski definition) is 0. The van der Waals surface area contributed by atoms with Crippen molar-refractivity contribution in [3.05, 3.63) is 23.8 Å². The SMILES string of the molecule is COc1cccc(CN2CC(=O)CC2=O)c1OC. The van der Waals surface area contributed by atoms with Crippen molar-refractivity contribution in [3.8, 4) is 11.5 Å². The topological polar surface area (TPSA) is 55.8 Å². The van der Waals surface area contributed by atoms with Gasteiger partial charge in [0, 0.05) is 12.1 Å². The van der Waals surface area contributed by atoms with E-state index in [1.54, 1.807) is 20.3 Å². The van der Waals surface area contributed by atoms with Gasteiger partial charge in [-0.1, -0.05) is 12.1 Å². The molecule has 1 fully saturated rings. The van der Waals surface area contributed by atoms with E-state index in [9.17, 15) is 9.59 Å². The molecule has 1 saturated heterocycles. The third kappa shape index (κ3) is 2.30. The molecule has 0 atom stereocenters. The van der Waals surface area contributed by atoms with Gasteiger partial charge in [-0.3, -0.25) is 9.59 Å². The Balaban J connectivity index is 2.23. The van der Waals surface area contributed by atoms with E-state index in [4.69, 9.17) is 9.47 Å². The van der Waals surface area contributed by atoms with Gasteiger partial charge in [0.15, 0.2) is 17.3 Å². The Kier molecular flexibility index (Phi) is 3.50. The number of carbonyl (C=O) groups is 2. The molecule has 5 nitrogen and oxygen atoms in total. The van der Waals surface area contributed by atoms with E-state index in [-0.39, 0.29) is 24.7 Å². The standard InChI is InChI=1S/C13H15NO4/c1-17-11-5-3-4-9(13(11)18-2)7-14-8-10(15)6-12(14)16/h3-5H,6-8H2,1-2H3. The van der Waals surface area contributed by atoms with Crippen LogP contribution in [0, 0.1) is 0 Å². The normalized spacial score (nSPS) is 15.1. The van der Waals surface area contributed by atoms with Crippen LogP contribution in [0.2, 0.25) is 0 Å². The molecular weight excluding hydrogens is 234 g/mol. The van der Waals surface area contributed by atoms with E-state index in [2.05, 4.69) is 0 Å². The van der Waals surface area contributed by atoms with Gasteiger partial charge in [-0.25, -0.2) is 0 Å². The number of nitrogens with zero attached hydrogens (tertiary/aromatic N) is 1. The molecule has 0 N–H and O–H groups in total. The highest BCUT2D eigenvalue weighted by Gasteiger charge is 2.28. The molecule has 2 rings (SSSR count). The van der Waals surface area contributed by atoms with Crippen LogP contribution in [0.4, 0.5) is 0 Å². The fourth-order valence-corrected chi connectivity index (χ4v) is 2.07. The van der Waals surface area contributed by atoms with Gasteiger partial charge in [-0.05, 0) is 6.07 Å². The Morgan fingerprint density at radius 3 is 2.56 bits per heavy atom. The molecule has 1 aromatic carbocycles. The van der Waals surface area contributed by atoms with Crippen LogP contribution in [-0.4, -0.2) is 37.4 Å². The molecule has 1 amide bonds. The molecule has 0 bridgehead atoms. The number of methoxy groups -OCH3 is 2. The molecule has 0 aliphatic carbocycles. The average Bonchev–Trinajstić information content (AvgIpc) is 2.67. The van der Waals surface area contributed by atoms with Crippen molar-refractivity contribution in [2.24, 2.45) is 0 Å². The lowest BCUT2D eigenvalue weighted by Crippen LogP contribution is -2.24. The Bertz CT molecular complexity index is 484. The Morgan fingerprint density at radius 2 is 2.00 bits per heavy atom. The summed E-state index contributed by atoms with van der Waals surface area (Å²) >= 11 is 0. The highest BCUT2D eigenvalue weighted by atomic mass is 16.5. The lowest BCUT2D eigenvalue weighted by molar-refractivity contribution is -0.128. The summed E-state index contributed by atoms with van der Waals surface area (Å²) in [6, 6.07) is 5.48. The second-order valence-electron chi connectivity index (χ2n) is 4.12. The zero-order valence-corrected chi connectivity index (χ0v) is 10.4. The van der Waals surface area contributed by atoms with Gasteiger partial charge in [0.05, 0.1) is 27.2 Å². The third-order valence-corrected chi connectivity index (χ3v) is 2.91. The molecule has 1 heterocycles. The van der Waals surface area contributed by atoms with Crippen molar-refractivity contribution >= 4 is 11.7 Å².